The maximum absolute atomic E-state index is 6.09. The summed E-state index contributed by atoms with van der Waals surface area (Å²) in [5.41, 5.74) is 0. The number of rotatable bonds is 5. The van der Waals surface area contributed by atoms with E-state index in [1.54, 1.807) is 0 Å². The summed E-state index contributed by atoms with van der Waals surface area (Å²) in [5.74, 6) is 0. The molecule has 0 fully saturated rings. The molecule has 0 aromatic heterocycles. The lowest BCUT2D eigenvalue weighted by Gasteiger charge is -2.19. The average Bonchev–Trinajstić information content (AvgIpc) is 2.02. The maximum atomic E-state index is 6.09. The van der Waals surface area contributed by atoms with E-state index in [2.05, 4.69) is 0 Å². The fourth-order valence-corrected chi connectivity index (χ4v) is 7.75. The summed E-state index contributed by atoms with van der Waals surface area (Å²) < 4.78 is 0. The molecule has 0 aliphatic rings. The Hall–Kier alpha value is 1.59. The summed E-state index contributed by atoms with van der Waals surface area (Å²) in [7, 11) is 0. The van der Waals surface area contributed by atoms with E-state index >= 15 is 0 Å². The van der Waals surface area contributed by atoms with Gasteiger partial charge in [0.25, 0.3) is 13.4 Å². The van der Waals surface area contributed by atoms with E-state index in [1.165, 1.54) is 0 Å². The van der Waals surface area contributed by atoms with Gasteiger partial charge in [-0.15, -0.1) is 44.3 Å². The molecule has 0 N–H and O–H groups in total. The van der Waals surface area contributed by atoms with Crippen LogP contribution in [-0.4, -0.2) is 13.4 Å². The van der Waals surface area contributed by atoms with Gasteiger partial charge in [-0.05, 0) is 24.2 Å². The molecular formula is C6H14Cl4Si2. The Kier molecular flexibility index (Phi) is 6.20. The lowest BCUT2D eigenvalue weighted by Crippen LogP contribution is -2.24. The molecule has 0 nitrogen and oxygen atoms in total. The molecule has 0 aromatic rings. The molecule has 0 spiro atoms. The molecule has 0 heterocycles. The first-order valence-corrected chi connectivity index (χ1v) is 13.0. The van der Waals surface area contributed by atoms with Gasteiger partial charge in [0.15, 0.2) is 0 Å². The van der Waals surface area contributed by atoms with Gasteiger partial charge < -0.3 is 0 Å². The van der Waals surface area contributed by atoms with Crippen LogP contribution < -0.4 is 0 Å². The van der Waals surface area contributed by atoms with Crippen LogP contribution in [0.3, 0.4) is 0 Å². The second-order valence-electron chi connectivity index (χ2n) is 2.92. The molecule has 6 heteroatoms. The van der Waals surface area contributed by atoms with Crippen LogP contribution in [0.25, 0.3) is 0 Å². The third-order valence-electron chi connectivity index (χ3n) is 1.89. The molecule has 0 rings (SSSR count). The van der Waals surface area contributed by atoms with Gasteiger partial charge in [-0.2, -0.15) is 0 Å². The van der Waals surface area contributed by atoms with E-state index in [4.69, 9.17) is 44.3 Å². The van der Waals surface area contributed by atoms with Gasteiger partial charge in [-0.25, -0.2) is 0 Å². The SMILES string of the molecule is CC[Si](Cl)(Cl)CC[Si](Cl)(Cl)CC. The second kappa shape index (κ2) is 5.47. The first-order chi connectivity index (χ1) is 5.33. The van der Waals surface area contributed by atoms with Crippen LogP contribution in [0.4, 0.5) is 0 Å². The van der Waals surface area contributed by atoms with Gasteiger partial charge in [-0.1, -0.05) is 13.8 Å². The largest absolute Gasteiger partial charge is 0.250 e. The Morgan fingerprint density at radius 2 is 1.00 bits per heavy atom. The van der Waals surface area contributed by atoms with E-state index < -0.39 is 13.4 Å². The van der Waals surface area contributed by atoms with Crippen LogP contribution >= 0.6 is 44.3 Å². The highest BCUT2D eigenvalue weighted by Crippen LogP contribution is 2.34. The first kappa shape index (κ1) is 13.6. The molecule has 0 saturated heterocycles. The lowest BCUT2D eigenvalue weighted by atomic mass is 10.9. The molecule has 0 aliphatic heterocycles. The molecule has 0 unspecified atom stereocenters. The number of hydrogen-bond donors (Lipinski definition) is 0. The normalized spacial score (nSPS) is 13.5. The zero-order valence-electron chi connectivity index (χ0n) is 7.34. The Balaban J connectivity index is 3.82. The van der Waals surface area contributed by atoms with Crippen LogP contribution in [0.2, 0.25) is 24.2 Å². The first-order valence-electron chi connectivity index (χ1n) is 4.08. The molecule has 0 aromatic carbocycles. The van der Waals surface area contributed by atoms with E-state index in [0.29, 0.717) is 0 Å². The Morgan fingerprint density at radius 1 is 0.750 bits per heavy atom. The molecule has 74 valence electrons. The van der Waals surface area contributed by atoms with Gasteiger partial charge in [-0.3, -0.25) is 0 Å². The standard InChI is InChI=1S/C6H14Cl4Si2/c1-3-11(7,8)5-6-12(9,10)4-2/h3-6H2,1-2H3. The van der Waals surface area contributed by atoms with Gasteiger partial charge in [0.1, 0.15) is 0 Å². The Labute approximate surface area is 95.4 Å². The predicted octanol–water partition coefficient (Wildman–Crippen LogP) is 4.87. The highest BCUT2D eigenvalue weighted by molar-refractivity contribution is 7.48. The molecule has 0 bridgehead atoms. The van der Waals surface area contributed by atoms with Crippen molar-refractivity contribution in [2.45, 2.75) is 38.0 Å². The Morgan fingerprint density at radius 3 is 1.17 bits per heavy atom. The van der Waals surface area contributed by atoms with Crippen LogP contribution in [0.5, 0.6) is 0 Å². The molecule has 0 saturated carbocycles. The zero-order chi connectivity index (χ0) is 9.83. The van der Waals surface area contributed by atoms with Crippen molar-refractivity contribution < 1.29 is 0 Å². The summed E-state index contributed by atoms with van der Waals surface area (Å²) >= 11 is 24.4. The number of hydrogen-bond acceptors (Lipinski definition) is 0. The molecule has 0 radical (unpaired) electrons. The van der Waals surface area contributed by atoms with E-state index in [1.807, 2.05) is 13.8 Å². The summed E-state index contributed by atoms with van der Waals surface area (Å²) in [4.78, 5) is 0. The van der Waals surface area contributed by atoms with Crippen LogP contribution in [0.15, 0.2) is 0 Å². The second-order valence-corrected chi connectivity index (χ2v) is 18.6. The highest BCUT2D eigenvalue weighted by Gasteiger charge is 2.33. The van der Waals surface area contributed by atoms with Gasteiger partial charge in [0.05, 0.1) is 0 Å². The minimum Gasteiger partial charge on any atom is -0.146 e. The molecule has 12 heavy (non-hydrogen) atoms. The van der Waals surface area contributed by atoms with Crippen molar-refractivity contribution in [3.05, 3.63) is 0 Å². The molecule has 0 amide bonds. The van der Waals surface area contributed by atoms with Crippen LogP contribution in [0.1, 0.15) is 13.8 Å². The molecular weight excluding hydrogens is 270 g/mol. The minimum absolute atomic E-state index is 0.833. The van der Waals surface area contributed by atoms with E-state index in [0.717, 1.165) is 24.2 Å². The van der Waals surface area contributed by atoms with Crippen molar-refractivity contribution in [1.82, 2.24) is 0 Å². The van der Waals surface area contributed by atoms with Crippen molar-refractivity contribution in [2.75, 3.05) is 0 Å². The highest BCUT2D eigenvalue weighted by atomic mass is 35.7. The van der Waals surface area contributed by atoms with Crippen LogP contribution in [0, 0.1) is 0 Å². The monoisotopic (exact) mass is 282 g/mol. The van der Waals surface area contributed by atoms with Crippen LogP contribution in [-0.2, 0) is 0 Å². The van der Waals surface area contributed by atoms with E-state index in [9.17, 15) is 0 Å². The van der Waals surface area contributed by atoms with Gasteiger partial charge >= 0.3 is 0 Å². The summed E-state index contributed by atoms with van der Waals surface area (Å²) in [6.45, 7) is 0.0493. The average molecular weight is 284 g/mol. The summed E-state index contributed by atoms with van der Waals surface area (Å²) in [5, 5.41) is 0. The van der Waals surface area contributed by atoms with Crippen molar-refractivity contribution in [1.29, 1.82) is 0 Å². The van der Waals surface area contributed by atoms with Gasteiger partial charge in [0, 0.05) is 0 Å². The fraction of sp³-hybridized carbons (Fsp3) is 1.00. The molecule has 0 atom stereocenters. The molecule has 0 aliphatic carbocycles. The minimum atomic E-state index is -1.99. The fourth-order valence-electron chi connectivity index (χ4n) is 0.719. The quantitative estimate of drug-likeness (QED) is 0.499. The van der Waals surface area contributed by atoms with Gasteiger partial charge in [0.2, 0.25) is 0 Å². The lowest BCUT2D eigenvalue weighted by molar-refractivity contribution is 1.28. The van der Waals surface area contributed by atoms with Crippen molar-refractivity contribution >= 4 is 57.7 Å². The predicted molar refractivity (Wildman–Crippen MR) is 65.5 cm³/mol. The van der Waals surface area contributed by atoms with Crippen molar-refractivity contribution in [3.63, 3.8) is 0 Å². The maximum Gasteiger partial charge on any atom is 0.250 e. The topological polar surface area (TPSA) is 0 Å². The third kappa shape index (κ3) is 6.11. The number of halogens is 4. The zero-order valence-corrected chi connectivity index (χ0v) is 12.4. The summed E-state index contributed by atoms with van der Waals surface area (Å²) in [6.07, 6.45) is 0. The Bertz CT molecular complexity index is 122. The van der Waals surface area contributed by atoms with Crippen molar-refractivity contribution in [3.8, 4) is 0 Å². The van der Waals surface area contributed by atoms with Crippen molar-refractivity contribution in [2.24, 2.45) is 0 Å². The smallest absolute Gasteiger partial charge is 0.146 e. The third-order valence-corrected chi connectivity index (χ3v) is 11.9. The van der Waals surface area contributed by atoms with E-state index in [-0.39, 0.29) is 0 Å². The summed E-state index contributed by atoms with van der Waals surface area (Å²) in [6, 6.07) is 3.41.